The number of benzene rings is 1. The van der Waals surface area contributed by atoms with Crippen molar-refractivity contribution in [2.24, 2.45) is 0 Å². The summed E-state index contributed by atoms with van der Waals surface area (Å²) in [6.45, 7) is 3.87. The normalized spacial score (nSPS) is 10.9. The fraction of sp³-hybridized carbons (Fsp3) is 0.500. The van der Waals surface area contributed by atoms with Gasteiger partial charge in [0.1, 0.15) is 18.9 Å². The Morgan fingerprint density at radius 3 is 2.62 bits per heavy atom. The number of aromatic nitrogens is 2. The van der Waals surface area contributed by atoms with Crippen molar-refractivity contribution in [1.29, 1.82) is 0 Å². The Bertz CT molecular complexity index is 620. The summed E-state index contributed by atoms with van der Waals surface area (Å²) in [5.41, 5.74) is 1.29. The van der Waals surface area contributed by atoms with Gasteiger partial charge in [-0.3, -0.25) is 4.79 Å². The zero-order valence-corrected chi connectivity index (χ0v) is 14.7. The van der Waals surface area contributed by atoms with E-state index < -0.39 is 5.97 Å². The van der Waals surface area contributed by atoms with Crippen LogP contribution < -0.4 is 4.57 Å². The molecule has 0 saturated carbocycles. The van der Waals surface area contributed by atoms with Crippen molar-refractivity contribution in [1.82, 2.24) is 4.57 Å². The van der Waals surface area contributed by atoms with Crippen LogP contribution in [0.2, 0.25) is 0 Å². The van der Waals surface area contributed by atoms with E-state index in [-0.39, 0.29) is 6.42 Å². The van der Waals surface area contributed by atoms with Crippen molar-refractivity contribution in [3.8, 4) is 0 Å². The largest absolute Gasteiger partial charge is 0.481 e. The number of aliphatic carboxylic acids is 1. The summed E-state index contributed by atoms with van der Waals surface area (Å²) >= 11 is 0. The maximum absolute atomic E-state index is 10.8. The molecule has 4 nitrogen and oxygen atoms in total. The Hall–Kier alpha value is -2.10. The molecule has 0 spiro atoms. The number of unbranched alkanes of at least 4 members (excludes halogenated alkanes) is 3. The van der Waals surface area contributed by atoms with Crippen LogP contribution in [0.1, 0.15) is 56.8 Å². The molecular weight excluding hydrogens is 300 g/mol. The highest BCUT2D eigenvalue weighted by molar-refractivity contribution is 5.66. The third-order valence-corrected chi connectivity index (χ3v) is 4.33. The van der Waals surface area contributed by atoms with Gasteiger partial charge in [0.05, 0.1) is 6.54 Å². The van der Waals surface area contributed by atoms with Crippen molar-refractivity contribution in [3.63, 3.8) is 0 Å². The lowest BCUT2D eigenvalue weighted by Crippen LogP contribution is -2.38. The zero-order chi connectivity index (χ0) is 17.2. The first-order chi connectivity index (χ1) is 11.7. The van der Waals surface area contributed by atoms with E-state index in [1.54, 1.807) is 0 Å². The van der Waals surface area contributed by atoms with E-state index >= 15 is 0 Å². The highest BCUT2D eigenvalue weighted by atomic mass is 16.4. The Morgan fingerprint density at radius 1 is 1.12 bits per heavy atom. The topological polar surface area (TPSA) is 46.1 Å². The van der Waals surface area contributed by atoms with Crippen LogP contribution in [0.4, 0.5) is 0 Å². The number of rotatable bonds is 11. The second kappa shape index (κ2) is 9.91. The van der Waals surface area contributed by atoms with E-state index in [2.05, 4.69) is 52.7 Å². The van der Waals surface area contributed by atoms with Crippen LogP contribution in [0.3, 0.4) is 0 Å². The molecule has 1 heterocycles. The smallest absolute Gasteiger partial charge is 0.303 e. The van der Waals surface area contributed by atoms with E-state index in [1.807, 2.05) is 6.07 Å². The minimum atomic E-state index is -0.719. The van der Waals surface area contributed by atoms with Gasteiger partial charge in [-0.1, -0.05) is 56.5 Å². The van der Waals surface area contributed by atoms with Gasteiger partial charge < -0.3 is 5.11 Å². The van der Waals surface area contributed by atoms with Gasteiger partial charge in [0.15, 0.2) is 0 Å². The Balaban J connectivity index is 2.06. The fourth-order valence-corrected chi connectivity index (χ4v) is 3.02. The summed E-state index contributed by atoms with van der Waals surface area (Å²) in [4.78, 5) is 10.8. The van der Waals surface area contributed by atoms with Crippen LogP contribution in [0, 0.1) is 0 Å². The SMILES string of the molecule is CCCCCCc1n(CCCC(=O)O)cc[n+]1Cc1ccccc1. The van der Waals surface area contributed by atoms with Crippen LogP contribution in [0.5, 0.6) is 0 Å². The Kier molecular flexibility index (Phi) is 7.53. The molecule has 0 bridgehead atoms. The van der Waals surface area contributed by atoms with Crippen LogP contribution >= 0.6 is 0 Å². The Labute approximate surface area is 144 Å². The van der Waals surface area contributed by atoms with Crippen LogP contribution in [0.15, 0.2) is 42.7 Å². The highest BCUT2D eigenvalue weighted by Crippen LogP contribution is 2.09. The summed E-state index contributed by atoms with van der Waals surface area (Å²) in [6.07, 6.45) is 11.1. The molecular formula is C20H29N2O2+. The third-order valence-electron chi connectivity index (χ3n) is 4.33. The molecule has 1 aromatic carbocycles. The lowest BCUT2D eigenvalue weighted by molar-refractivity contribution is -0.695. The minimum absolute atomic E-state index is 0.228. The summed E-state index contributed by atoms with van der Waals surface area (Å²) in [6, 6.07) is 10.5. The lowest BCUT2D eigenvalue weighted by atomic mass is 10.1. The number of carboxylic acid groups (broad SMARTS) is 1. The first kappa shape index (κ1) is 18.2. The van der Waals surface area contributed by atoms with E-state index in [9.17, 15) is 4.79 Å². The molecule has 0 aliphatic heterocycles. The van der Waals surface area contributed by atoms with Gasteiger partial charge >= 0.3 is 5.97 Å². The summed E-state index contributed by atoms with van der Waals surface area (Å²) in [5, 5.41) is 8.85. The molecule has 0 atom stereocenters. The first-order valence-electron chi connectivity index (χ1n) is 9.04. The molecule has 0 unspecified atom stereocenters. The first-order valence-corrected chi connectivity index (χ1v) is 9.04. The van der Waals surface area contributed by atoms with Crippen LogP contribution in [0.25, 0.3) is 0 Å². The number of nitrogens with zero attached hydrogens (tertiary/aromatic N) is 2. The van der Waals surface area contributed by atoms with Gasteiger partial charge in [0.2, 0.25) is 0 Å². The third kappa shape index (κ3) is 5.84. The van der Waals surface area contributed by atoms with Gasteiger partial charge in [-0.2, -0.15) is 0 Å². The van der Waals surface area contributed by atoms with Gasteiger partial charge in [0, 0.05) is 12.8 Å². The van der Waals surface area contributed by atoms with Gasteiger partial charge in [-0.25, -0.2) is 9.13 Å². The van der Waals surface area contributed by atoms with E-state index in [0.29, 0.717) is 6.42 Å². The maximum Gasteiger partial charge on any atom is 0.303 e. The molecule has 0 amide bonds. The summed E-state index contributed by atoms with van der Waals surface area (Å²) in [7, 11) is 0. The number of aryl methyl sites for hydroxylation is 1. The zero-order valence-electron chi connectivity index (χ0n) is 14.7. The predicted molar refractivity (Wildman–Crippen MR) is 94.9 cm³/mol. The quantitative estimate of drug-likeness (QED) is 0.503. The van der Waals surface area contributed by atoms with Crippen molar-refractivity contribution in [2.75, 3.05) is 0 Å². The molecule has 0 aliphatic rings. The molecule has 0 aliphatic carbocycles. The number of carboxylic acids is 1. The highest BCUT2D eigenvalue weighted by Gasteiger charge is 2.17. The van der Waals surface area contributed by atoms with Crippen LogP contribution in [-0.2, 0) is 24.3 Å². The van der Waals surface area contributed by atoms with Gasteiger partial charge in [-0.15, -0.1) is 0 Å². The van der Waals surface area contributed by atoms with Crippen molar-refractivity contribution < 1.29 is 14.5 Å². The number of hydrogen-bond donors (Lipinski definition) is 1. The second-order valence-electron chi connectivity index (χ2n) is 6.33. The molecule has 1 aromatic heterocycles. The molecule has 24 heavy (non-hydrogen) atoms. The molecule has 2 aromatic rings. The average Bonchev–Trinajstić information content (AvgIpc) is 2.94. The van der Waals surface area contributed by atoms with Crippen molar-refractivity contribution in [2.45, 2.75) is 65.0 Å². The number of hydrogen-bond acceptors (Lipinski definition) is 1. The molecule has 0 fully saturated rings. The number of imidazole rings is 1. The molecule has 130 valence electrons. The standard InChI is InChI=1S/C20H28N2O2/c1-2-3-4-8-12-19-21(14-9-13-20(23)24)15-16-22(19)17-18-10-6-5-7-11-18/h5-7,10-11,15-16H,2-4,8-9,12-14,17H2,1H3/p+1. The van der Waals surface area contributed by atoms with Crippen molar-refractivity contribution in [3.05, 3.63) is 54.1 Å². The monoisotopic (exact) mass is 329 g/mol. The minimum Gasteiger partial charge on any atom is -0.481 e. The summed E-state index contributed by atoms with van der Waals surface area (Å²) < 4.78 is 4.54. The molecule has 2 rings (SSSR count). The molecule has 4 heteroatoms. The molecule has 0 saturated heterocycles. The van der Waals surface area contributed by atoms with Gasteiger partial charge in [-0.05, 0) is 18.4 Å². The number of carbonyl (C=O) groups is 1. The van der Waals surface area contributed by atoms with E-state index in [0.717, 1.165) is 19.5 Å². The second-order valence-corrected chi connectivity index (χ2v) is 6.33. The van der Waals surface area contributed by atoms with Gasteiger partial charge in [0.25, 0.3) is 5.82 Å². The van der Waals surface area contributed by atoms with E-state index in [1.165, 1.54) is 37.1 Å². The predicted octanol–water partition coefficient (Wildman–Crippen LogP) is 3.81. The molecule has 1 N–H and O–H groups in total. The fourth-order valence-electron chi connectivity index (χ4n) is 3.02. The van der Waals surface area contributed by atoms with E-state index in [4.69, 9.17) is 5.11 Å². The Morgan fingerprint density at radius 2 is 1.92 bits per heavy atom. The van der Waals surface area contributed by atoms with Crippen LogP contribution in [-0.4, -0.2) is 15.6 Å². The van der Waals surface area contributed by atoms with Crippen molar-refractivity contribution >= 4 is 5.97 Å². The maximum atomic E-state index is 10.8. The molecule has 0 radical (unpaired) electrons. The lowest BCUT2D eigenvalue weighted by Gasteiger charge is -2.06. The summed E-state index contributed by atoms with van der Waals surface area (Å²) in [5.74, 6) is 0.587. The average molecular weight is 329 g/mol.